The Morgan fingerprint density at radius 2 is 1.72 bits per heavy atom. The molecule has 2 N–H and O–H groups in total. The summed E-state index contributed by atoms with van der Waals surface area (Å²) in [6.07, 6.45) is 1.03. The van der Waals surface area contributed by atoms with E-state index in [0.29, 0.717) is 12.5 Å². The van der Waals surface area contributed by atoms with Crippen molar-refractivity contribution in [2.75, 3.05) is 52.9 Å². The Kier molecular flexibility index (Phi) is 9.17. The first kappa shape index (κ1) is 22.2. The number of benzene rings is 1. The van der Waals surface area contributed by atoms with Crippen molar-refractivity contribution in [3.8, 4) is 0 Å². The summed E-state index contributed by atoms with van der Waals surface area (Å²) in [4.78, 5) is 19.3. The van der Waals surface area contributed by atoms with Gasteiger partial charge in [0.1, 0.15) is 0 Å². The molecule has 2 saturated heterocycles. The van der Waals surface area contributed by atoms with Crippen molar-refractivity contribution in [1.82, 2.24) is 14.7 Å². The van der Waals surface area contributed by atoms with Gasteiger partial charge in [0.25, 0.3) is 5.91 Å². The van der Waals surface area contributed by atoms with Gasteiger partial charge >= 0.3 is 0 Å². The Morgan fingerprint density at radius 3 is 2.28 bits per heavy atom. The summed E-state index contributed by atoms with van der Waals surface area (Å²) < 4.78 is 0. The molecule has 0 bridgehead atoms. The Bertz CT molecular complexity index is 532. The van der Waals surface area contributed by atoms with Crippen molar-refractivity contribution in [2.24, 2.45) is 11.7 Å². The highest BCUT2D eigenvalue weighted by Crippen LogP contribution is 2.18. The maximum atomic E-state index is 12.5. The quantitative estimate of drug-likeness (QED) is 0.852. The molecule has 2 aliphatic rings. The van der Waals surface area contributed by atoms with Gasteiger partial charge in [0.15, 0.2) is 0 Å². The van der Waals surface area contributed by atoms with E-state index in [0.717, 1.165) is 57.8 Å². The third kappa shape index (κ3) is 5.83. The van der Waals surface area contributed by atoms with E-state index in [1.807, 2.05) is 17.0 Å². The molecule has 142 valence electrons. The van der Waals surface area contributed by atoms with Gasteiger partial charge in [0, 0.05) is 51.4 Å². The maximum Gasteiger partial charge on any atom is 0.253 e. The van der Waals surface area contributed by atoms with Crippen LogP contribution in [0.2, 0.25) is 0 Å². The van der Waals surface area contributed by atoms with Crippen LogP contribution in [0.5, 0.6) is 0 Å². The Morgan fingerprint density at radius 1 is 1.08 bits per heavy atom. The average molecular weight is 389 g/mol. The second-order valence-corrected chi connectivity index (χ2v) is 6.92. The number of nitrogens with two attached hydrogens (primary N) is 1. The number of hydrogen-bond acceptors (Lipinski definition) is 4. The number of carbonyl (C=O) groups excluding carboxylic acids is 1. The summed E-state index contributed by atoms with van der Waals surface area (Å²) in [7, 11) is 2.17. The van der Waals surface area contributed by atoms with Gasteiger partial charge in [-0.1, -0.05) is 12.1 Å². The van der Waals surface area contributed by atoms with Gasteiger partial charge in [0.05, 0.1) is 0 Å². The van der Waals surface area contributed by atoms with Gasteiger partial charge in [0.2, 0.25) is 0 Å². The van der Waals surface area contributed by atoms with Crippen molar-refractivity contribution in [3.63, 3.8) is 0 Å². The van der Waals surface area contributed by atoms with Gasteiger partial charge < -0.3 is 15.5 Å². The number of halogens is 2. The van der Waals surface area contributed by atoms with Gasteiger partial charge in [-0.15, -0.1) is 24.8 Å². The van der Waals surface area contributed by atoms with E-state index < -0.39 is 0 Å². The molecule has 0 spiro atoms. The minimum Gasteiger partial charge on any atom is -0.338 e. The van der Waals surface area contributed by atoms with Crippen molar-refractivity contribution < 1.29 is 4.79 Å². The largest absolute Gasteiger partial charge is 0.338 e. The number of likely N-dealkylation sites (tertiary alicyclic amines) is 1. The van der Waals surface area contributed by atoms with E-state index in [1.54, 1.807) is 0 Å². The number of carbonyl (C=O) groups is 1. The zero-order chi connectivity index (χ0) is 16.2. The van der Waals surface area contributed by atoms with Crippen LogP contribution in [0.4, 0.5) is 0 Å². The molecule has 0 aromatic heterocycles. The van der Waals surface area contributed by atoms with Crippen molar-refractivity contribution in [3.05, 3.63) is 35.4 Å². The van der Waals surface area contributed by atoms with E-state index in [9.17, 15) is 4.79 Å². The highest BCUT2D eigenvalue weighted by molar-refractivity contribution is 5.94. The van der Waals surface area contributed by atoms with E-state index in [4.69, 9.17) is 5.73 Å². The Hall–Kier alpha value is -0.850. The molecule has 2 heterocycles. The molecule has 5 nitrogen and oxygen atoms in total. The molecule has 1 aromatic rings. The Labute approximate surface area is 163 Å². The number of rotatable bonds is 4. The molecule has 2 aliphatic heterocycles. The lowest BCUT2D eigenvalue weighted by molar-refractivity contribution is 0.0787. The molecule has 2 fully saturated rings. The van der Waals surface area contributed by atoms with Crippen LogP contribution in [0.15, 0.2) is 24.3 Å². The molecular formula is C18H30Cl2N4O. The van der Waals surface area contributed by atoms with Crippen LogP contribution < -0.4 is 5.73 Å². The summed E-state index contributed by atoms with van der Waals surface area (Å²) in [6, 6.07) is 8.15. The highest BCUT2D eigenvalue weighted by Gasteiger charge is 2.25. The topological polar surface area (TPSA) is 52.8 Å². The third-order valence-electron chi connectivity index (χ3n) is 5.11. The molecule has 7 heteroatoms. The number of nitrogens with zero attached hydrogens (tertiary/aromatic N) is 3. The molecule has 1 amide bonds. The Balaban J connectivity index is 0.00000156. The van der Waals surface area contributed by atoms with E-state index >= 15 is 0 Å². The van der Waals surface area contributed by atoms with E-state index in [1.165, 1.54) is 5.56 Å². The van der Waals surface area contributed by atoms with Gasteiger partial charge in [-0.3, -0.25) is 9.69 Å². The smallest absolute Gasteiger partial charge is 0.253 e. The standard InChI is InChI=1S/C18H28N4O.2ClH/c1-20-8-10-21(11-9-20)13-15-2-4-17(5-3-15)18(23)22-7-6-16(12-19)14-22;;/h2-5,16H,6-14,19H2,1H3;2*1H. The number of hydrogen-bond donors (Lipinski definition) is 1. The van der Waals surface area contributed by atoms with Crippen LogP contribution in [0.1, 0.15) is 22.3 Å². The SMILES string of the molecule is CN1CCN(Cc2ccc(C(=O)N3CCC(CN)C3)cc2)CC1.Cl.Cl. The molecule has 1 unspecified atom stereocenters. The zero-order valence-corrected chi connectivity index (χ0v) is 16.5. The number of amides is 1. The fourth-order valence-electron chi connectivity index (χ4n) is 3.41. The lowest BCUT2D eigenvalue weighted by atomic mass is 10.1. The minimum atomic E-state index is 0. The zero-order valence-electron chi connectivity index (χ0n) is 14.9. The fraction of sp³-hybridized carbons (Fsp3) is 0.611. The van der Waals surface area contributed by atoms with Gasteiger partial charge in [-0.05, 0) is 43.6 Å². The molecule has 0 aliphatic carbocycles. The van der Waals surface area contributed by atoms with E-state index in [2.05, 4.69) is 29.0 Å². The number of likely N-dealkylation sites (N-methyl/N-ethyl adjacent to an activating group) is 1. The van der Waals surface area contributed by atoms with Gasteiger partial charge in [-0.25, -0.2) is 0 Å². The van der Waals surface area contributed by atoms with Crippen molar-refractivity contribution in [2.45, 2.75) is 13.0 Å². The highest BCUT2D eigenvalue weighted by atomic mass is 35.5. The van der Waals surface area contributed by atoms with Crippen LogP contribution >= 0.6 is 24.8 Å². The second-order valence-electron chi connectivity index (χ2n) is 6.92. The summed E-state index contributed by atoms with van der Waals surface area (Å²) in [5, 5.41) is 0. The molecule has 0 saturated carbocycles. The first-order chi connectivity index (χ1) is 11.2. The molecule has 0 radical (unpaired) electrons. The minimum absolute atomic E-state index is 0. The van der Waals surface area contributed by atoms with Crippen LogP contribution in [0.3, 0.4) is 0 Å². The summed E-state index contributed by atoms with van der Waals surface area (Å²) >= 11 is 0. The summed E-state index contributed by atoms with van der Waals surface area (Å²) in [5.74, 6) is 0.613. The second kappa shape index (κ2) is 10.3. The molecule has 1 atom stereocenters. The summed E-state index contributed by atoms with van der Waals surface area (Å²) in [5.41, 5.74) is 7.79. The van der Waals surface area contributed by atoms with Crippen LogP contribution in [-0.2, 0) is 6.54 Å². The predicted octanol–water partition coefficient (Wildman–Crippen LogP) is 1.70. The van der Waals surface area contributed by atoms with Gasteiger partial charge in [-0.2, -0.15) is 0 Å². The predicted molar refractivity (Wildman–Crippen MR) is 107 cm³/mol. The molecule has 1 aromatic carbocycles. The van der Waals surface area contributed by atoms with Crippen LogP contribution in [-0.4, -0.2) is 73.5 Å². The number of piperazine rings is 1. The van der Waals surface area contributed by atoms with Crippen LogP contribution in [0.25, 0.3) is 0 Å². The normalized spacial score (nSPS) is 21.5. The first-order valence-corrected chi connectivity index (χ1v) is 8.65. The summed E-state index contributed by atoms with van der Waals surface area (Å²) in [6.45, 7) is 7.79. The lowest BCUT2D eigenvalue weighted by Crippen LogP contribution is -2.43. The third-order valence-corrected chi connectivity index (χ3v) is 5.11. The van der Waals surface area contributed by atoms with Crippen molar-refractivity contribution >= 4 is 30.7 Å². The molecule has 3 rings (SSSR count). The van der Waals surface area contributed by atoms with E-state index in [-0.39, 0.29) is 30.7 Å². The van der Waals surface area contributed by atoms with Crippen molar-refractivity contribution in [1.29, 1.82) is 0 Å². The maximum absolute atomic E-state index is 12.5. The first-order valence-electron chi connectivity index (χ1n) is 8.65. The monoisotopic (exact) mass is 388 g/mol. The molecular weight excluding hydrogens is 359 g/mol. The molecule has 25 heavy (non-hydrogen) atoms. The fourth-order valence-corrected chi connectivity index (χ4v) is 3.41. The average Bonchev–Trinajstić information content (AvgIpc) is 3.06. The van der Waals surface area contributed by atoms with Crippen LogP contribution in [0, 0.1) is 5.92 Å². The lowest BCUT2D eigenvalue weighted by Gasteiger charge is -2.32.